The normalized spacial score (nSPS) is 13.7. The maximum absolute atomic E-state index is 12.8. The summed E-state index contributed by atoms with van der Waals surface area (Å²) in [6.07, 6.45) is 0.590. The molecule has 0 aliphatic carbocycles. The van der Waals surface area contributed by atoms with E-state index in [0.29, 0.717) is 6.42 Å². The van der Waals surface area contributed by atoms with E-state index in [-0.39, 0.29) is 29.9 Å². The van der Waals surface area contributed by atoms with Crippen molar-refractivity contribution in [1.82, 2.24) is 5.32 Å². The minimum Gasteiger partial charge on any atom is -0.482 e. The standard InChI is InChI=1S/C13H17ClFNO3/c1-3-13(2,8-17)16-12(18)7-19-11-5-4-9(15)6-10(11)14/h4-6,17H,3,7-8H2,1-2H3,(H,16,18). The summed E-state index contributed by atoms with van der Waals surface area (Å²) in [7, 11) is 0. The number of amides is 1. The van der Waals surface area contributed by atoms with Crippen molar-refractivity contribution in [3.05, 3.63) is 29.0 Å². The van der Waals surface area contributed by atoms with E-state index in [2.05, 4.69) is 5.32 Å². The van der Waals surface area contributed by atoms with Crippen LogP contribution in [0.3, 0.4) is 0 Å². The van der Waals surface area contributed by atoms with Gasteiger partial charge in [-0.15, -0.1) is 0 Å². The average Bonchev–Trinajstić information content (AvgIpc) is 2.37. The van der Waals surface area contributed by atoms with Gasteiger partial charge in [0.05, 0.1) is 17.2 Å². The van der Waals surface area contributed by atoms with E-state index < -0.39 is 11.4 Å². The van der Waals surface area contributed by atoms with Gasteiger partial charge in [0.15, 0.2) is 6.61 Å². The van der Waals surface area contributed by atoms with Crippen LogP contribution in [0.25, 0.3) is 0 Å². The molecule has 1 unspecified atom stereocenters. The molecule has 1 amide bonds. The van der Waals surface area contributed by atoms with Crippen molar-refractivity contribution in [2.75, 3.05) is 13.2 Å². The van der Waals surface area contributed by atoms with Crippen LogP contribution >= 0.6 is 11.6 Å². The fourth-order valence-electron chi connectivity index (χ4n) is 1.35. The Morgan fingerprint density at radius 3 is 2.79 bits per heavy atom. The second-order valence-electron chi connectivity index (χ2n) is 4.48. The lowest BCUT2D eigenvalue weighted by atomic mass is 10.0. The van der Waals surface area contributed by atoms with E-state index in [4.69, 9.17) is 16.3 Å². The molecule has 4 nitrogen and oxygen atoms in total. The lowest BCUT2D eigenvalue weighted by Crippen LogP contribution is -2.49. The Hall–Kier alpha value is -1.33. The quantitative estimate of drug-likeness (QED) is 0.843. The lowest BCUT2D eigenvalue weighted by Gasteiger charge is -2.27. The fraction of sp³-hybridized carbons (Fsp3) is 0.462. The van der Waals surface area contributed by atoms with Gasteiger partial charge in [0.1, 0.15) is 11.6 Å². The predicted octanol–water partition coefficient (Wildman–Crippen LogP) is 2.14. The minimum atomic E-state index is -0.674. The first-order valence-electron chi connectivity index (χ1n) is 5.90. The number of benzene rings is 1. The van der Waals surface area contributed by atoms with E-state index in [1.807, 2.05) is 6.92 Å². The monoisotopic (exact) mass is 289 g/mol. The summed E-state index contributed by atoms with van der Waals surface area (Å²) in [6, 6.07) is 3.66. The number of aliphatic hydroxyl groups excluding tert-OH is 1. The van der Waals surface area contributed by atoms with Crippen molar-refractivity contribution in [3.8, 4) is 5.75 Å². The van der Waals surface area contributed by atoms with Crippen molar-refractivity contribution in [2.24, 2.45) is 0 Å². The summed E-state index contributed by atoms with van der Waals surface area (Å²) < 4.78 is 18.0. The van der Waals surface area contributed by atoms with Gasteiger partial charge in [0.25, 0.3) is 5.91 Å². The zero-order valence-corrected chi connectivity index (χ0v) is 11.6. The van der Waals surface area contributed by atoms with Gasteiger partial charge < -0.3 is 15.2 Å². The van der Waals surface area contributed by atoms with Crippen molar-refractivity contribution in [3.63, 3.8) is 0 Å². The highest BCUT2D eigenvalue weighted by Gasteiger charge is 2.23. The van der Waals surface area contributed by atoms with Crippen molar-refractivity contribution >= 4 is 17.5 Å². The summed E-state index contributed by atoms with van der Waals surface area (Å²) in [5.74, 6) is -0.611. The smallest absolute Gasteiger partial charge is 0.258 e. The molecule has 0 aliphatic rings. The van der Waals surface area contributed by atoms with E-state index in [9.17, 15) is 14.3 Å². The van der Waals surface area contributed by atoms with Crippen LogP contribution in [0.1, 0.15) is 20.3 Å². The Morgan fingerprint density at radius 2 is 2.26 bits per heavy atom. The van der Waals surface area contributed by atoms with Crippen LogP contribution in [0.4, 0.5) is 4.39 Å². The number of carbonyl (C=O) groups excluding carboxylic acids is 1. The van der Waals surface area contributed by atoms with Gasteiger partial charge in [-0.3, -0.25) is 4.79 Å². The number of hydrogen-bond acceptors (Lipinski definition) is 3. The molecular formula is C13H17ClFNO3. The molecular weight excluding hydrogens is 273 g/mol. The Kier molecular flexibility index (Phi) is 5.57. The van der Waals surface area contributed by atoms with Gasteiger partial charge in [0.2, 0.25) is 0 Å². The number of ether oxygens (including phenoxy) is 1. The lowest BCUT2D eigenvalue weighted by molar-refractivity contribution is -0.125. The van der Waals surface area contributed by atoms with Crippen LogP contribution < -0.4 is 10.1 Å². The Morgan fingerprint density at radius 1 is 1.58 bits per heavy atom. The number of halogens is 2. The van der Waals surface area contributed by atoms with Gasteiger partial charge in [-0.05, 0) is 31.5 Å². The summed E-state index contributed by atoms with van der Waals surface area (Å²) in [5, 5.41) is 11.9. The Labute approximate surface area is 116 Å². The third-order valence-electron chi connectivity index (χ3n) is 2.82. The second kappa shape index (κ2) is 6.73. The summed E-state index contributed by atoms with van der Waals surface area (Å²) in [4.78, 5) is 11.7. The molecule has 0 bridgehead atoms. The third-order valence-corrected chi connectivity index (χ3v) is 3.12. The van der Waals surface area contributed by atoms with Gasteiger partial charge in [-0.25, -0.2) is 4.39 Å². The number of rotatable bonds is 6. The van der Waals surface area contributed by atoms with Crippen LogP contribution in [-0.4, -0.2) is 29.8 Å². The van der Waals surface area contributed by atoms with Crippen LogP contribution in [0.2, 0.25) is 5.02 Å². The summed E-state index contributed by atoms with van der Waals surface area (Å²) in [6.45, 7) is 3.18. The van der Waals surface area contributed by atoms with Crippen LogP contribution in [0.5, 0.6) is 5.75 Å². The molecule has 0 saturated heterocycles. The second-order valence-corrected chi connectivity index (χ2v) is 4.89. The molecule has 1 rings (SSSR count). The molecule has 0 radical (unpaired) electrons. The minimum absolute atomic E-state index is 0.105. The first-order chi connectivity index (χ1) is 8.90. The first kappa shape index (κ1) is 15.7. The molecule has 0 saturated carbocycles. The molecule has 0 aliphatic heterocycles. The molecule has 1 aromatic carbocycles. The van der Waals surface area contributed by atoms with E-state index >= 15 is 0 Å². The first-order valence-corrected chi connectivity index (χ1v) is 6.27. The number of aliphatic hydroxyl groups is 1. The predicted molar refractivity (Wildman–Crippen MR) is 70.8 cm³/mol. The molecule has 6 heteroatoms. The van der Waals surface area contributed by atoms with Gasteiger partial charge in [-0.1, -0.05) is 18.5 Å². The fourth-order valence-corrected chi connectivity index (χ4v) is 1.57. The van der Waals surface area contributed by atoms with Crippen LogP contribution in [-0.2, 0) is 4.79 Å². The molecule has 1 aromatic rings. The zero-order valence-electron chi connectivity index (χ0n) is 10.9. The van der Waals surface area contributed by atoms with Gasteiger partial charge >= 0.3 is 0 Å². The van der Waals surface area contributed by atoms with Crippen molar-refractivity contribution in [2.45, 2.75) is 25.8 Å². The van der Waals surface area contributed by atoms with Crippen molar-refractivity contribution in [1.29, 1.82) is 0 Å². The van der Waals surface area contributed by atoms with Gasteiger partial charge in [-0.2, -0.15) is 0 Å². The summed E-state index contributed by atoms with van der Waals surface area (Å²) >= 11 is 5.76. The number of nitrogens with one attached hydrogen (secondary N) is 1. The largest absolute Gasteiger partial charge is 0.482 e. The van der Waals surface area contributed by atoms with Crippen LogP contribution in [0, 0.1) is 5.82 Å². The molecule has 106 valence electrons. The Balaban J connectivity index is 2.55. The number of hydrogen-bond donors (Lipinski definition) is 2. The highest BCUT2D eigenvalue weighted by Crippen LogP contribution is 2.24. The SMILES string of the molecule is CCC(C)(CO)NC(=O)COc1ccc(F)cc1Cl. The maximum Gasteiger partial charge on any atom is 0.258 e. The van der Waals surface area contributed by atoms with Crippen LogP contribution in [0.15, 0.2) is 18.2 Å². The molecule has 0 heterocycles. The van der Waals surface area contributed by atoms with Gasteiger partial charge in [0, 0.05) is 0 Å². The topological polar surface area (TPSA) is 58.6 Å². The molecule has 0 aromatic heterocycles. The van der Waals surface area contributed by atoms with Crippen molar-refractivity contribution < 1.29 is 19.0 Å². The molecule has 1 atom stereocenters. The molecule has 0 fully saturated rings. The average molecular weight is 290 g/mol. The Bertz CT molecular complexity index is 450. The highest BCUT2D eigenvalue weighted by molar-refractivity contribution is 6.32. The van der Waals surface area contributed by atoms with E-state index in [1.54, 1.807) is 6.92 Å². The maximum atomic E-state index is 12.8. The molecule has 2 N–H and O–H groups in total. The molecule has 0 spiro atoms. The zero-order chi connectivity index (χ0) is 14.5. The highest BCUT2D eigenvalue weighted by atomic mass is 35.5. The van der Waals surface area contributed by atoms with E-state index in [0.717, 1.165) is 6.07 Å². The molecule has 19 heavy (non-hydrogen) atoms. The van der Waals surface area contributed by atoms with E-state index in [1.165, 1.54) is 12.1 Å². The number of carbonyl (C=O) groups is 1. The third kappa shape index (κ3) is 4.69. The summed E-state index contributed by atoms with van der Waals surface area (Å²) in [5.41, 5.74) is -0.674.